The number of hydrogen-bond acceptors (Lipinski definition) is 3. The van der Waals surface area contributed by atoms with Crippen molar-refractivity contribution in [2.75, 3.05) is 20.3 Å². The van der Waals surface area contributed by atoms with Gasteiger partial charge >= 0.3 is 6.09 Å². The molecule has 1 aromatic rings. The summed E-state index contributed by atoms with van der Waals surface area (Å²) in [4.78, 5) is 11.6. The molecule has 1 unspecified atom stereocenters. The van der Waals surface area contributed by atoms with E-state index in [1.54, 1.807) is 7.11 Å². The van der Waals surface area contributed by atoms with Gasteiger partial charge in [0.05, 0.1) is 9.53 Å². The first-order chi connectivity index (χ1) is 9.45. The van der Waals surface area contributed by atoms with Crippen LogP contribution in [0.3, 0.4) is 0 Å². The van der Waals surface area contributed by atoms with Crippen molar-refractivity contribution in [3.63, 3.8) is 0 Å². The number of nitrogens with one attached hydrogen (secondary N) is 1. The Bertz CT molecular complexity index is 409. The van der Waals surface area contributed by atoms with E-state index in [1.165, 1.54) is 5.56 Å². The van der Waals surface area contributed by atoms with Gasteiger partial charge in [0.2, 0.25) is 0 Å². The zero-order valence-electron chi connectivity index (χ0n) is 12.2. The van der Waals surface area contributed by atoms with Crippen LogP contribution < -0.4 is 5.32 Å². The van der Waals surface area contributed by atoms with Crippen molar-refractivity contribution in [1.82, 2.24) is 5.32 Å². The molecule has 1 N–H and O–H groups in total. The SMILES string of the molecule is COC(C)(C)C(I)COC(=O)NCCc1ccccc1. The summed E-state index contributed by atoms with van der Waals surface area (Å²) < 4.78 is 10.6. The Hall–Kier alpha value is -0.820. The topological polar surface area (TPSA) is 47.6 Å². The van der Waals surface area contributed by atoms with Crippen LogP contribution in [-0.4, -0.2) is 35.9 Å². The summed E-state index contributed by atoms with van der Waals surface area (Å²) in [6.07, 6.45) is 0.419. The molecular weight excluding hydrogens is 369 g/mol. The lowest BCUT2D eigenvalue weighted by atomic mass is 10.1. The van der Waals surface area contributed by atoms with E-state index in [2.05, 4.69) is 27.9 Å². The molecule has 1 rings (SSSR count). The summed E-state index contributed by atoms with van der Waals surface area (Å²) in [5.74, 6) is 0. The molecule has 1 atom stereocenters. The maximum absolute atomic E-state index is 11.6. The fourth-order valence-electron chi connectivity index (χ4n) is 1.48. The number of carbonyl (C=O) groups excluding carboxylic acids is 1. The molecule has 0 aliphatic heterocycles. The number of rotatable bonds is 7. The molecule has 0 aliphatic carbocycles. The third-order valence-corrected chi connectivity index (χ3v) is 5.03. The van der Waals surface area contributed by atoms with Crippen LogP contribution >= 0.6 is 22.6 Å². The van der Waals surface area contributed by atoms with Gasteiger partial charge < -0.3 is 14.8 Å². The Morgan fingerprint density at radius 3 is 2.60 bits per heavy atom. The first-order valence-electron chi connectivity index (χ1n) is 6.59. The molecule has 0 radical (unpaired) electrons. The van der Waals surface area contributed by atoms with Gasteiger partial charge in [0.25, 0.3) is 0 Å². The van der Waals surface area contributed by atoms with Crippen molar-refractivity contribution in [3.8, 4) is 0 Å². The van der Waals surface area contributed by atoms with Gasteiger partial charge in [0.1, 0.15) is 6.61 Å². The van der Waals surface area contributed by atoms with Gasteiger partial charge in [-0.3, -0.25) is 0 Å². The fraction of sp³-hybridized carbons (Fsp3) is 0.533. The van der Waals surface area contributed by atoms with Crippen molar-refractivity contribution in [1.29, 1.82) is 0 Å². The molecular formula is C15H22INO3. The van der Waals surface area contributed by atoms with Gasteiger partial charge in [-0.05, 0) is 25.8 Å². The summed E-state index contributed by atoms with van der Waals surface area (Å²) >= 11 is 2.23. The Morgan fingerprint density at radius 1 is 1.35 bits per heavy atom. The quantitative estimate of drug-likeness (QED) is 0.574. The van der Waals surface area contributed by atoms with Crippen molar-refractivity contribution < 1.29 is 14.3 Å². The third kappa shape index (κ3) is 6.09. The van der Waals surface area contributed by atoms with E-state index < -0.39 is 0 Å². The molecule has 0 aromatic heterocycles. The largest absolute Gasteiger partial charge is 0.448 e. The van der Waals surface area contributed by atoms with Crippen LogP contribution in [0.25, 0.3) is 0 Å². The zero-order valence-corrected chi connectivity index (χ0v) is 14.3. The van der Waals surface area contributed by atoms with Gasteiger partial charge in [-0.15, -0.1) is 0 Å². The van der Waals surface area contributed by atoms with Gasteiger partial charge in [0.15, 0.2) is 0 Å². The number of amides is 1. The summed E-state index contributed by atoms with van der Waals surface area (Å²) in [7, 11) is 1.66. The number of carbonyl (C=O) groups is 1. The highest BCUT2D eigenvalue weighted by Gasteiger charge is 2.27. The third-order valence-electron chi connectivity index (χ3n) is 3.17. The minimum atomic E-state index is -0.380. The molecule has 112 valence electrons. The number of benzene rings is 1. The molecule has 1 aromatic carbocycles. The van der Waals surface area contributed by atoms with E-state index in [-0.39, 0.29) is 15.6 Å². The van der Waals surface area contributed by atoms with E-state index in [0.29, 0.717) is 13.2 Å². The van der Waals surface area contributed by atoms with Crippen LogP contribution in [0.15, 0.2) is 30.3 Å². The Labute approximate surface area is 134 Å². The van der Waals surface area contributed by atoms with Crippen molar-refractivity contribution >= 4 is 28.7 Å². The highest BCUT2D eigenvalue weighted by molar-refractivity contribution is 14.1. The number of hydrogen-bond donors (Lipinski definition) is 1. The Kier molecular flexibility index (Phi) is 7.29. The number of halogens is 1. The van der Waals surface area contributed by atoms with E-state index in [4.69, 9.17) is 9.47 Å². The molecule has 0 heterocycles. The average molecular weight is 391 g/mol. The summed E-state index contributed by atoms with van der Waals surface area (Å²) in [6, 6.07) is 10.0. The highest BCUT2D eigenvalue weighted by atomic mass is 127. The van der Waals surface area contributed by atoms with Crippen LogP contribution in [0.2, 0.25) is 0 Å². The molecule has 5 heteroatoms. The van der Waals surface area contributed by atoms with E-state index in [0.717, 1.165) is 6.42 Å². The second-order valence-electron chi connectivity index (χ2n) is 5.04. The zero-order chi connectivity index (χ0) is 15.0. The molecule has 20 heavy (non-hydrogen) atoms. The highest BCUT2D eigenvalue weighted by Crippen LogP contribution is 2.21. The number of alkyl carbamates (subject to hydrolysis) is 1. The van der Waals surface area contributed by atoms with Gasteiger partial charge in [-0.2, -0.15) is 0 Å². The molecule has 1 amide bonds. The smallest absolute Gasteiger partial charge is 0.407 e. The lowest BCUT2D eigenvalue weighted by Gasteiger charge is -2.28. The molecule has 0 fully saturated rings. The number of methoxy groups -OCH3 is 1. The summed E-state index contributed by atoms with van der Waals surface area (Å²) in [5, 5.41) is 2.75. The second-order valence-corrected chi connectivity index (χ2v) is 6.54. The monoisotopic (exact) mass is 391 g/mol. The maximum Gasteiger partial charge on any atom is 0.407 e. The summed E-state index contributed by atoms with van der Waals surface area (Å²) in [6.45, 7) is 4.85. The van der Waals surface area contributed by atoms with E-state index >= 15 is 0 Å². The van der Waals surface area contributed by atoms with Crippen LogP contribution in [0.1, 0.15) is 19.4 Å². The maximum atomic E-state index is 11.6. The van der Waals surface area contributed by atoms with Gasteiger partial charge in [0, 0.05) is 13.7 Å². The molecule has 4 nitrogen and oxygen atoms in total. The van der Waals surface area contributed by atoms with Crippen LogP contribution in [0.4, 0.5) is 4.79 Å². The van der Waals surface area contributed by atoms with Crippen molar-refractivity contribution in [3.05, 3.63) is 35.9 Å². The molecule has 0 saturated carbocycles. The van der Waals surface area contributed by atoms with Gasteiger partial charge in [-0.25, -0.2) is 4.79 Å². The fourth-order valence-corrected chi connectivity index (χ4v) is 1.92. The van der Waals surface area contributed by atoms with E-state index in [9.17, 15) is 4.79 Å². The Morgan fingerprint density at radius 2 is 2.00 bits per heavy atom. The van der Waals surface area contributed by atoms with Crippen molar-refractivity contribution in [2.24, 2.45) is 0 Å². The number of ether oxygens (including phenoxy) is 2. The minimum absolute atomic E-state index is 0.102. The average Bonchev–Trinajstić information content (AvgIpc) is 2.45. The van der Waals surface area contributed by atoms with Crippen LogP contribution in [0, 0.1) is 0 Å². The van der Waals surface area contributed by atoms with Crippen molar-refractivity contribution in [2.45, 2.75) is 29.8 Å². The molecule has 0 aliphatic rings. The minimum Gasteiger partial charge on any atom is -0.448 e. The first-order valence-corrected chi connectivity index (χ1v) is 7.84. The second kappa shape index (κ2) is 8.46. The Balaban J connectivity index is 2.21. The first kappa shape index (κ1) is 17.2. The predicted molar refractivity (Wildman–Crippen MR) is 88.4 cm³/mol. The lowest BCUT2D eigenvalue weighted by Crippen LogP contribution is -2.39. The standard InChI is InChI=1S/C15H22INO3/c1-15(2,19-3)13(16)11-20-14(18)17-10-9-12-7-5-4-6-8-12/h4-8,13H,9-11H2,1-3H3,(H,17,18). The molecule has 0 spiro atoms. The lowest BCUT2D eigenvalue weighted by molar-refractivity contribution is 0.0105. The molecule has 0 bridgehead atoms. The van der Waals surface area contributed by atoms with Crippen LogP contribution in [-0.2, 0) is 15.9 Å². The van der Waals surface area contributed by atoms with E-state index in [1.807, 2.05) is 44.2 Å². The normalized spacial score (nSPS) is 12.8. The predicted octanol–water partition coefficient (Wildman–Crippen LogP) is 3.18. The summed E-state index contributed by atoms with van der Waals surface area (Å²) in [5.41, 5.74) is 0.880. The number of alkyl halides is 1. The van der Waals surface area contributed by atoms with Gasteiger partial charge in [-0.1, -0.05) is 52.9 Å². The molecule has 0 saturated heterocycles. The van der Waals surface area contributed by atoms with Crippen LogP contribution in [0.5, 0.6) is 0 Å².